The number of carbonyl (C=O) groups excluding carboxylic acids is 2. The van der Waals surface area contributed by atoms with Crippen LogP contribution in [0.15, 0.2) is 12.2 Å². The molecule has 0 aromatic rings. The standard InChI is InChI=1S/C15H24N2O4/c1-2-16-14(19)8-11-6-7-12(13(9-18)21-11)17-15(20)10-4-3-5-10/h6-7,10-13,18H,2-5,8-9H2,1H3,(H,16,19)(H,17,20)/t11-,12+,13-/m1/s1. The molecule has 1 fully saturated rings. The first kappa shape index (κ1) is 16.0. The third-order valence-electron chi connectivity index (χ3n) is 4.01. The quantitative estimate of drug-likeness (QED) is 0.607. The Morgan fingerprint density at radius 1 is 1.33 bits per heavy atom. The lowest BCUT2D eigenvalue weighted by Gasteiger charge is -2.33. The Morgan fingerprint density at radius 2 is 2.10 bits per heavy atom. The third-order valence-corrected chi connectivity index (χ3v) is 4.01. The average molecular weight is 296 g/mol. The minimum Gasteiger partial charge on any atom is -0.394 e. The highest BCUT2D eigenvalue weighted by atomic mass is 16.5. The van der Waals surface area contributed by atoms with E-state index in [1.54, 1.807) is 6.08 Å². The van der Waals surface area contributed by atoms with E-state index >= 15 is 0 Å². The van der Waals surface area contributed by atoms with Gasteiger partial charge in [0.05, 0.1) is 25.2 Å². The molecule has 0 spiro atoms. The van der Waals surface area contributed by atoms with Crippen molar-refractivity contribution in [1.82, 2.24) is 10.6 Å². The smallest absolute Gasteiger partial charge is 0.223 e. The van der Waals surface area contributed by atoms with Crippen LogP contribution in [0.25, 0.3) is 0 Å². The molecular formula is C15H24N2O4. The molecule has 2 amide bonds. The number of amides is 2. The molecule has 1 aliphatic heterocycles. The van der Waals surface area contributed by atoms with Crippen LogP contribution in [0.1, 0.15) is 32.6 Å². The molecular weight excluding hydrogens is 272 g/mol. The first-order valence-corrected chi connectivity index (χ1v) is 7.65. The van der Waals surface area contributed by atoms with E-state index in [2.05, 4.69) is 10.6 Å². The molecule has 0 saturated heterocycles. The topological polar surface area (TPSA) is 87.7 Å². The number of aliphatic hydroxyl groups excluding tert-OH is 1. The fourth-order valence-corrected chi connectivity index (χ4v) is 2.54. The number of hydrogen-bond donors (Lipinski definition) is 3. The minimum absolute atomic E-state index is 0.0279. The maximum atomic E-state index is 12.0. The van der Waals surface area contributed by atoms with Crippen molar-refractivity contribution in [3.8, 4) is 0 Å². The molecule has 0 aromatic heterocycles. The summed E-state index contributed by atoms with van der Waals surface area (Å²) >= 11 is 0. The van der Waals surface area contributed by atoms with Crippen molar-refractivity contribution in [3.05, 3.63) is 12.2 Å². The predicted octanol–water partition coefficient (Wildman–Crippen LogP) is 0.113. The van der Waals surface area contributed by atoms with Gasteiger partial charge in [-0.2, -0.15) is 0 Å². The molecule has 3 N–H and O–H groups in total. The highest BCUT2D eigenvalue weighted by molar-refractivity contribution is 5.80. The first-order chi connectivity index (χ1) is 10.1. The summed E-state index contributed by atoms with van der Waals surface area (Å²) in [6.45, 7) is 2.25. The monoisotopic (exact) mass is 296 g/mol. The highest BCUT2D eigenvalue weighted by Gasteiger charge is 2.32. The Morgan fingerprint density at radius 3 is 2.67 bits per heavy atom. The van der Waals surface area contributed by atoms with Gasteiger partial charge in [-0.05, 0) is 19.8 Å². The van der Waals surface area contributed by atoms with Gasteiger partial charge in [0.1, 0.15) is 6.10 Å². The summed E-state index contributed by atoms with van der Waals surface area (Å²) in [7, 11) is 0. The van der Waals surface area contributed by atoms with Gasteiger partial charge in [-0.3, -0.25) is 9.59 Å². The molecule has 6 nitrogen and oxygen atoms in total. The van der Waals surface area contributed by atoms with Crippen molar-refractivity contribution >= 4 is 11.8 Å². The number of aliphatic hydroxyl groups is 1. The molecule has 2 rings (SSSR count). The second-order valence-electron chi connectivity index (χ2n) is 5.60. The molecule has 3 atom stereocenters. The van der Waals surface area contributed by atoms with Crippen molar-refractivity contribution in [3.63, 3.8) is 0 Å². The number of ether oxygens (including phenoxy) is 1. The minimum atomic E-state index is -0.501. The highest BCUT2D eigenvalue weighted by Crippen LogP contribution is 2.27. The van der Waals surface area contributed by atoms with Crippen molar-refractivity contribution in [2.75, 3.05) is 13.2 Å². The molecule has 6 heteroatoms. The van der Waals surface area contributed by atoms with E-state index in [-0.39, 0.29) is 42.9 Å². The second kappa shape index (κ2) is 7.56. The van der Waals surface area contributed by atoms with Gasteiger partial charge in [-0.15, -0.1) is 0 Å². The van der Waals surface area contributed by atoms with Crippen LogP contribution in [0, 0.1) is 5.92 Å². The zero-order valence-corrected chi connectivity index (χ0v) is 12.4. The van der Waals surface area contributed by atoms with Crippen LogP contribution < -0.4 is 10.6 Å². The summed E-state index contributed by atoms with van der Waals surface area (Å²) in [5, 5.41) is 15.1. The van der Waals surface area contributed by atoms with E-state index in [0.29, 0.717) is 6.54 Å². The summed E-state index contributed by atoms with van der Waals surface area (Å²) in [5.74, 6) is 0.0479. The van der Waals surface area contributed by atoms with Crippen LogP contribution in [-0.4, -0.2) is 48.3 Å². The van der Waals surface area contributed by atoms with Crippen LogP contribution >= 0.6 is 0 Å². The molecule has 0 unspecified atom stereocenters. The lowest BCUT2D eigenvalue weighted by Crippen LogP contribution is -2.51. The Bertz CT molecular complexity index is 406. The number of carbonyl (C=O) groups is 2. The Kier molecular flexibility index (Phi) is 5.76. The summed E-state index contributed by atoms with van der Waals surface area (Å²) < 4.78 is 5.69. The van der Waals surface area contributed by atoms with E-state index in [0.717, 1.165) is 19.3 Å². The van der Waals surface area contributed by atoms with E-state index in [9.17, 15) is 14.7 Å². The maximum absolute atomic E-state index is 12.0. The van der Waals surface area contributed by atoms with Crippen molar-refractivity contribution < 1.29 is 19.4 Å². The lowest BCUT2D eigenvalue weighted by atomic mass is 9.84. The molecule has 2 aliphatic rings. The molecule has 0 radical (unpaired) electrons. The fourth-order valence-electron chi connectivity index (χ4n) is 2.54. The summed E-state index contributed by atoms with van der Waals surface area (Å²) in [4.78, 5) is 23.5. The Labute approximate surface area is 124 Å². The SMILES string of the molecule is CCNC(=O)C[C@H]1C=C[C@H](NC(=O)C2CCC2)[C@@H](CO)O1. The molecule has 0 bridgehead atoms. The number of nitrogens with one attached hydrogen (secondary N) is 2. The molecule has 1 aliphatic carbocycles. The Balaban J connectivity index is 1.88. The normalized spacial score (nSPS) is 28.8. The van der Waals surface area contributed by atoms with E-state index in [4.69, 9.17) is 4.74 Å². The van der Waals surface area contributed by atoms with Crippen LogP contribution in [0.3, 0.4) is 0 Å². The number of rotatable bonds is 6. The lowest BCUT2D eigenvalue weighted by molar-refractivity contribution is -0.131. The molecule has 0 aromatic carbocycles. The van der Waals surface area contributed by atoms with E-state index in [1.165, 1.54) is 0 Å². The molecule has 1 heterocycles. The summed E-state index contributed by atoms with van der Waals surface area (Å²) in [6, 6.07) is -0.325. The average Bonchev–Trinajstić information content (AvgIpc) is 2.38. The van der Waals surface area contributed by atoms with E-state index in [1.807, 2.05) is 13.0 Å². The largest absolute Gasteiger partial charge is 0.394 e. The second-order valence-corrected chi connectivity index (χ2v) is 5.60. The van der Waals surface area contributed by atoms with Gasteiger partial charge in [0.25, 0.3) is 0 Å². The van der Waals surface area contributed by atoms with Gasteiger partial charge in [0.15, 0.2) is 0 Å². The van der Waals surface area contributed by atoms with Gasteiger partial charge >= 0.3 is 0 Å². The predicted molar refractivity (Wildman–Crippen MR) is 77.5 cm³/mol. The van der Waals surface area contributed by atoms with Gasteiger partial charge < -0.3 is 20.5 Å². The first-order valence-electron chi connectivity index (χ1n) is 7.65. The van der Waals surface area contributed by atoms with Gasteiger partial charge in [0.2, 0.25) is 11.8 Å². The van der Waals surface area contributed by atoms with Crippen LogP contribution in [0.2, 0.25) is 0 Å². The van der Waals surface area contributed by atoms with Crippen molar-refractivity contribution in [1.29, 1.82) is 0 Å². The Hall–Kier alpha value is -1.40. The summed E-state index contributed by atoms with van der Waals surface area (Å²) in [5.41, 5.74) is 0. The summed E-state index contributed by atoms with van der Waals surface area (Å²) in [6.07, 6.45) is 5.96. The van der Waals surface area contributed by atoms with Crippen LogP contribution in [0.4, 0.5) is 0 Å². The fraction of sp³-hybridized carbons (Fsp3) is 0.733. The van der Waals surface area contributed by atoms with Gasteiger partial charge in [-0.25, -0.2) is 0 Å². The zero-order chi connectivity index (χ0) is 15.2. The molecule has 118 valence electrons. The van der Waals surface area contributed by atoms with Crippen molar-refractivity contribution in [2.45, 2.75) is 50.9 Å². The van der Waals surface area contributed by atoms with Gasteiger partial charge in [0, 0.05) is 12.5 Å². The van der Waals surface area contributed by atoms with Crippen LogP contribution in [-0.2, 0) is 14.3 Å². The number of hydrogen-bond acceptors (Lipinski definition) is 4. The van der Waals surface area contributed by atoms with Gasteiger partial charge in [-0.1, -0.05) is 18.6 Å². The van der Waals surface area contributed by atoms with E-state index < -0.39 is 6.10 Å². The zero-order valence-electron chi connectivity index (χ0n) is 12.4. The molecule has 21 heavy (non-hydrogen) atoms. The van der Waals surface area contributed by atoms with Crippen molar-refractivity contribution in [2.24, 2.45) is 5.92 Å². The molecule has 1 saturated carbocycles. The third kappa shape index (κ3) is 4.28. The maximum Gasteiger partial charge on any atom is 0.223 e. The van der Waals surface area contributed by atoms with Crippen LogP contribution in [0.5, 0.6) is 0 Å².